The zero-order chi connectivity index (χ0) is 13.3. The summed E-state index contributed by atoms with van der Waals surface area (Å²) in [4.78, 5) is 14.3. The molecule has 0 spiro atoms. The lowest BCUT2D eigenvalue weighted by molar-refractivity contribution is -0.248. The molecule has 0 bridgehead atoms. The minimum absolute atomic E-state index is 0.0324. The number of alkyl halides is 3. The summed E-state index contributed by atoms with van der Waals surface area (Å²) >= 11 is 0. The van der Waals surface area contributed by atoms with Gasteiger partial charge in [0.2, 0.25) is 0 Å². The van der Waals surface area contributed by atoms with Crippen molar-refractivity contribution < 1.29 is 23.1 Å². The zero-order valence-corrected chi connectivity index (χ0v) is 9.04. The number of carbonyl (C=O) groups is 1. The van der Waals surface area contributed by atoms with E-state index in [-0.39, 0.29) is 12.4 Å². The first-order valence-electron chi connectivity index (χ1n) is 5.11. The number of hydrogen-bond acceptors (Lipinski definition) is 3. The van der Waals surface area contributed by atoms with Gasteiger partial charge in [0.1, 0.15) is 11.9 Å². The van der Waals surface area contributed by atoms with Gasteiger partial charge in [-0.2, -0.15) is 13.2 Å². The molecule has 0 radical (unpaired) electrons. The van der Waals surface area contributed by atoms with Gasteiger partial charge in [-0.3, -0.25) is 4.99 Å². The molecule has 4 nitrogen and oxygen atoms in total. The van der Waals surface area contributed by atoms with Crippen LogP contribution in [0.15, 0.2) is 23.2 Å². The highest BCUT2D eigenvalue weighted by Crippen LogP contribution is 2.31. The van der Waals surface area contributed by atoms with Gasteiger partial charge in [0.15, 0.2) is 0 Å². The molecule has 18 heavy (non-hydrogen) atoms. The molecule has 2 rings (SSSR count). The third-order valence-corrected chi connectivity index (χ3v) is 2.56. The van der Waals surface area contributed by atoms with Gasteiger partial charge in [-0.15, -0.1) is 0 Å². The van der Waals surface area contributed by atoms with Crippen molar-refractivity contribution in [1.82, 2.24) is 5.32 Å². The van der Waals surface area contributed by atoms with E-state index >= 15 is 0 Å². The smallest absolute Gasteiger partial charge is 0.416 e. The Morgan fingerprint density at radius 1 is 1.39 bits per heavy atom. The van der Waals surface area contributed by atoms with Crippen LogP contribution in [0.25, 0.3) is 0 Å². The number of amidine groups is 1. The van der Waals surface area contributed by atoms with Crippen molar-refractivity contribution in [2.24, 2.45) is 4.99 Å². The maximum absolute atomic E-state index is 12.5. The molecule has 1 aliphatic heterocycles. The molecule has 0 aliphatic carbocycles. The van der Waals surface area contributed by atoms with Crippen molar-refractivity contribution in [2.75, 3.05) is 6.54 Å². The monoisotopic (exact) mass is 257 g/mol. The second-order valence-electron chi connectivity index (χ2n) is 3.76. The van der Waals surface area contributed by atoms with E-state index in [4.69, 9.17) is 0 Å². The number of hydrogen-bond donors (Lipinski definition) is 1. The van der Waals surface area contributed by atoms with Crippen molar-refractivity contribution in [3.05, 3.63) is 34.9 Å². The van der Waals surface area contributed by atoms with Crippen LogP contribution in [0.3, 0.4) is 0 Å². The van der Waals surface area contributed by atoms with E-state index in [1.807, 2.05) is 5.32 Å². The summed E-state index contributed by atoms with van der Waals surface area (Å²) in [5.41, 5.74) is 0.0259. The minimum atomic E-state index is -4.41. The Hall–Kier alpha value is -2.05. The van der Waals surface area contributed by atoms with Crippen LogP contribution in [-0.2, 0) is 12.6 Å². The summed E-state index contributed by atoms with van der Waals surface area (Å²) in [6, 6.07) is 3.13. The van der Waals surface area contributed by atoms with Crippen molar-refractivity contribution in [1.29, 1.82) is 0 Å². The first-order chi connectivity index (χ1) is 8.38. The van der Waals surface area contributed by atoms with Crippen LogP contribution in [-0.4, -0.2) is 18.5 Å². The molecule has 1 amide bonds. The Morgan fingerprint density at radius 3 is 2.72 bits per heavy atom. The number of rotatable bonds is 0. The summed E-state index contributed by atoms with van der Waals surface area (Å²) in [5.74, 6) is 0.0324. The number of benzene rings is 1. The Morgan fingerprint density at radius 2 is 2.11 bits per heavy atom. The molecule has 1 heterocycles. The maximum atomic E-state index is 12.5. The Bertz CT molecular complexity index is 524. The maximum Gasteiger partial charge on any atom is 0.416 e. The highest BCUT2D eigenvalue weighted by Gasteiger charge is 2.31. The lowest BCUT2D eigenvalue weighted by atomic mass is 9.98. The quantitative estimate of drug-likeness (QED) is 0.751. The molecule has 1 aliphatic rings. The Labute approximate surface area is 100 Å². The Balaban J connectivity index is 2.39. The van der Waals surface area contributed by atoms with Crippen molar-refractivity contribution in [2.45, 2.75) is 12.6 Å². The second kappa shape index (κ2) is 4.32. The van der Waals surface area contributed by atoms with Gasteiger partial charge in [-0.25, -0.2) is 0 Å². The fraction of sp³-hybridized carbons (Fsp3) is 0.273. The van der Waals surface area contributed by atoms with E-state index in [0.717, 1.165) is 12.1 Å². The van der Waals surface area contributed by atoms with Crippen LogP contribution in [0.4, 0.5) is 18.0 Å². The summed E-state index contributed by atoms with van der Waals surface area (Å²) in [5, 5.41) is 12.4. The molecule has 0 fully saturated rings. The van der Waals surface area contributed by atoms with Crippen LogP contribution >= 0.6 is 0 Å². The van der Waals surface area contributed by atoms with Gasteiger partial charge >= 0.3 is 6.18 Å². The van der Waals surface area contributed by atoms with Gasteiger partial charge in [0.25, 0.3) is 0 Å². The topological polar surface area (TPSA) is 64.5 Å². The number of fused-ring (bicyclic) bond motifs is 1. The lowest BCUT2D eigenvalue weighted by Crippen LogP contribution is -2.42. The fourth-order valence-corrected chi connectivity index (χ4v) is 1.78. The van der Waals surface area contributed by atoms with Gasteiger partial charge in [-0.1, -0.05) is 6.07 Å². The first-order valence-corrected chi connectivity index (χ1v) is 5.11. The second-order valence-corrected chi connectivity index (χ2v) is 3.76. The molecule has 0 saturated carbocycles. The van der Waals surface area contributed by atoms with Crippen LogP contribution in [0, 0.1) is 0 Å². The van der Waals surface area contributed by atoms with Gasteiger partial charge < -0.3 is 15.2 Å². The predicted octanol–water partition coefficient (Wildman–Crippen LogP) is 0.941. The SMILES string of the molecule is O=C([O-])NC1=NCCc2cc(C(F)(F)F)ccc21. The van der Waals surface area contributed by atoms with Gasteiger partial charge in [0.05, 0.1) is 5.56 Å². The molecule has 0 saturated heterocycles. The average Bonchev–Trinajstić information content (AvgIpc) is 2.27. The van der Waals surface area contributed by atoms with Crippen molar-refractivity contribution >= 4 is 11.9 Å². The lowest BCUT2D eigenvalue weighted by Gasteiger charge is -2.19. The van der Waals surface area contributed by atoms with Crippen molar-refractivity contribution in [3.8, 4) is 0 Å². The molecule has 1 N–H and O–H groups in total. The number of halogens is 3. The van der Waals surface area contributed by atoms with E-state index in [9.17, 15) is 23.1 Å². The number of carbonyl (C=O) groups excluding carboxylic acids is 1. The largest absolute Gasteiger partial charge is 0.530 e. The third kappa shape index (κ3) is 2.44. The number of nitrogens with zero attached hydrogens (tertiary/aromatic N) is 1. The molecule has 0 aromatic heterocycles. The molecule has 1 aromatic rings. The standard InChI is InChI=1S/C11H9F3N2O2/c12-11(13,14)7-1-2-8-6(5-7)3-4-15-9(8)16-10(17)18/h1-2,5H,3-4H2,(H,15,16)(H,17,18)/p-1. The molecular formula is C11H8F3N2O2-. The number of aliphatic imine (C=N–C) groups is 1. The predicted molar refractivity (Wildman–Crippen MR) is 55.1 cm³/mol. The van der Waals surface area contributed by atoms with Crippen LogP contribution in [0.5, 0.6) is 0 Å². The molecular weight excluding hydrogens is 249 g/mol. The summed E-state index contributed by atoms with van der Waals surface area (Å²) < 4.78 is 37.5. The molecule has 0 atom stereocenters. The fourth-order valence-electron chi connectivity index (χ4n) is 1.78. The minimum Gasteiger partial charge on any atom is -0.530 e. The number of amides is 1. The number of nitrogens with one attached hydrogen (secondary N) is 1. The number of carboxylic acid groups (broad SMARTS) is 1. The van der Waals surface area contributed by atoms with E-state index in [1.165, 1.54) is 6.07 Å². The summed E-state index contributed by atoms with van der Waals surface area (Å²) in [6.45, 7) is 0.240. The third-order valence-electron chi connectivity index (χ3n) is 2.56. The van der Waals surface area contributed by atoms with Gasteiger partial charge in [0, 0.05) is 12.1 Å². The van der Waals surface area contributed by atoms with Gasteiger partial charge in [-0.05, 0) is 24.1 Å². The van der Waals surface area contributed by atoms with Crippen molar-refractivity contribution in [3.63, 3.8) is 0 Å². The Kier molecular flexibility index (Phi) is 2.98. The van der Waals surface area contributed by atoms with Crippen LogP contribution in [0.1, 0.15) is 16.7 Å². The van der Waals surface area contributed by atoms with Crippen LogP contribution in [0.2, 0.25) is 0 Å². The summed E-state index contributed by atoms with van der Waals surface area (Å²) in [7, 11) is 0. The summed E-state index contributed by atoms with van der Waals surface area (Å²) in [6.07, 6.45) is -5.61. The van der Waals surface area contributed by atoms with E-state index in [2.05, 4.69) is 4.99 Å². The highest BCUT2D eigenvalue weighted by molar-refractivity contribution is 6.07. The molecule has 0 unspecified atom stereocenters. The molecule has 7 heteroatoms. The first kappa shape index (κ1) is 12.4. The van der Waals surface area contributed by atoms with E-state index in [0.29, 0.717) is 17.5 Å². The normalized spacial score (nSPS) is 14.7. The average molecular weight is 257 g/mol. The van der Waals surface area contributed by atoms with E-state index in [1.54, 1.807) is 0 Å². The zero-order valence-electron chi connectivity index (χ0n) is 9.04. The highest BCUT2D eigenvalue weighted by atomic mass is 19.4. The molecule has 96 valence electrons. The molecule has 1 aromatic carbocycles. The van der Waals surface area contributed by atoms with Crippen LogP contribution < -0.4 is 10.4 Å². The van der Waals surface area contributed by atoms with E-state index < -0.39 is 17.8 Å².